The van der Waals surface area contributed by atoms with Crippen LogP contribution in [0.25, 0.3) is 0 Å². The molecular formula is C19H25FN6O2. The molecule has 2 heterocycles. The van der Waals surface area contributed by atoms with E-state index in [2.05, 4.69) is 15.6 Å². The fourth-order valence-electron chi connectivity index (χ4n) is 3.28. The van der Waals surface area contributed by atoms with Crippen molar-refractivity contribution in [3.05, 3.63) is 47.8 Å². The number of likely N-dealkylation sites (N-methyl/N-ethyl adjacent to an activating group) is 1. The highest BCUT2D eigenvalue weighted by Crippen LogP contribution is 2.22. The molecule has 0 aliphatic carbocycles. The van der Waals surface area contributed by atoms with E-state index in [9.17, 15) is 14.0 Å². The van der Waals surface area contributed by atoms with Gasteiger partial charge < -0.3 is 15.1 Å². The Bertz CT molecular complexity index is 810. The smallest absolute Gasteiger partial charge is 0.273 e. The number of alkyl halides is 1. The van der Waals surface area contributed by atoms with Crippen LogP contribution in [0.15, 0.2) is 36.5 Å². The number of rotatable bonds is 7. The minimum absolute atomic E-state index is 0.0937. The number of hydrogen-bond acceptors (Lipinski definition) is 5. The second-order valence-electron chi connectivity index (χ2n) is 7.26. The van der Waals surface area contributed by atoms with Crippen molar-refractivity contribution in [3.8, 4) is 0 Å². The van der Waals surface area contributed by atoms with Gasteiger partial charge in [0, 0.05) is 13.0 Å². The number of carbonyl (C=O) groups is 2. The number of nitrogens with zero attached hydrogens (tertiary/aromatic N) is 5. The average Bonchev–Trinajstić information content (AvgIpc) is 3.27. The first-order valence-electron chi connectivity index (χ1n) is 9.23. The predicted octanol–water partition coefficient (Wildman–Crippen LogP) is 0.709. The molecule has 0 bridgehead atoms. The maximum absolute atomic E-state index is 13.9. The van der Waals surface area contributed by atoms with Gasteiger partial charge in [-0.1, -0.05) is 35.5 Å². The van der Waals surface area contributed by atoms with Crippen molar-refractivity contribution in [2.45, 2.75) is 31.7 Å². The Kier molecular flexibility index (Phi) is 6.35. The molecular weight excluding hydrogens is 363 g/mol. The Morgan fingerprint density at radius 3 is 2.75 bits per heavy atom. The van der Waals surface area contributed by atoms with Gasteiger partial charge in [0.05, 0.1) is 31.9 Å². The molecule has 2 amide bonds. The lowest BCUT2D eigenvalue weighted by Crippen LogP contribution is -2.42. The van der Waals surface area contributed by atoms with Crippen LogP contribution < -0.4 is 5.32 Å². The Morgan fingerprint density at radius 1 is 1.29 bits per heavy atom. The van der Waals surface area contributed by atoms with Crippen LogP contribution in [0.1, 0.15) is 22.5 Å². The normalized spacial score (nSPS) is 19.2. The van der Waals surface area contributed by atoms with Crippen LogP contribution in [0.2, 0.25) is 0 Å². The highest BCUT2D eigenvalue weighted by Gasteiger charge is 2.35. The molecule has 9 heteroatoms. The molecule has 2 unspecified atom stereocenters. The van der Waals surface area contributed by atoms with Crippen molar-refractivity contribution >= 4 is 11.8 Å². The van der Waals surface area contributed by atoms with Crippen molar-refractivity contribution in [2.75, 3.05) is 27.2 Å². The molecule has 1 N–H and O–H groups in total. The van der Waals surface area contributed by atoms with E-state index in [4.69, 9.17) is 0 Å². The first-order chi connectivity index (χ1) is 13.4. The lowest BCUT2D eigenvalue weighted by molar-refractivity contribution is -0.133. The van der Waals surface area contributed by atoms with Crippen LogP contribution in [0.4, 0.5) is 4.39 Å². The summed E-state index contributed by atoms with van der Waals surface area (Å²) in [5.41, 5.74) is 1.18. The largest absolute Gasteiger partial charge is 0.347 e. The number of likely N-dealkylation sites (tertiary alicyclic amines) is 1. The highest BCUT2D eigenvalue weighted by atomic mass is 19.1. The van der Waals surface area contributed by atoms with Crippen molar-refractivity contribution < 1.29 is 14.0 Å². The van der Waals surface area contributed by atoms with Gasteiger partial charge in [-0.15, -0.1) is 5.10 Å². The Morgan fingerprint density at radius 2 is 2.04 bits per heavy atom. The van der Waals surface area contributed by atoms with Crippen LogP contribution >= 0.6 is 0 Å². The fraction of sp³-hybridized carbons (Fsp3) is 0.474. The van der Waals surface area contributed by atoms with Gasteiger partial charge >= 0.3 is 0 Å². The first-order valence-corrected chi connectivity index (χ1v) is 9.23. The van der Waals surface area contributed by atoms with E-state index in [0.29, 0.717) is 13.1 Å². The van der Waals surface area contributed by atoms with Crippen LogP contribution in [0, 0.1) is 0 Å². The SMILES string of the molecule is CN(C)CC(=O)N1CC(F)CC1Cn1cc(C(=O)NCc2ccccc2)nn1. The van der Waals surface area contributed by atoms with Crippen molar-refractivity contribution in [1.29, 1.82) is 0 Å². The van der Waals surface area contributed by atoms with Crippen molar-refractivity contribution in [1.82, 2.24) is 30.1 Å². The van der Waals surface area contributed by atoms with Gasteiger partial charge in [-0.2, -0.15) is 0 Å². The van der Waals surface area contributed by atoms with Gasteiger partial charge in [0.1, 0.15) is 6.17 Å². The molecule has 0 saturated carbocycles. The third-order valence-corrected chi connectivity index (χ3v) is 4.60. The number of carbonyl (C=O) groups excluding carboxylic acids is 2. The fourth-order valence-corrected chi connectivity index (χ4v) is 3.28. The third-order valence-electron chi connectivity index (χ3n) is 4.60. The minimum Gasteiger partial charge on any atom is -0.347 e. The van der Waals surface area contributed by atoms with Gasteiger partial charge in [0.2, 0.25) is 5.91 Å². The molecule has 1 aromatic carbocycles. The highest BCUT2D eigenvalue weighted by molar-refractivity contribution is 5.91. The number of amides is 2. The summed E-state index contributed by atoms with van der Waals surface area (Å²) in [6, 6.07) is 9.26. The topological polar surface area (TPSA) is 83.4 Å². The van der Waals surface area contributed by atoms with Crippen LogP contribution in [-0.4, -0.2) is 76.0 Å². The van der Waals surface area contributed by atoms with Crippen LogP contribution in [0.3, 0.4) is 0 Å². The Labute approximate surface area is 163 Å². The average molecular weight is 388 g/mol. The summed E-state index contributed by atoms with van der Waals surface area (Å²) < 4.78 is 15.4. The quantitative estimate of drug-likeness (QED) is 0.755. The minimum atomic E-state index is -1.05. The van der Waals surface area contributed by atoms with E-state index in [1.807, 2.05) is 30.3 Å². The molecule has 28 heavy (non-hydrogen) atoms. The Hall–Kier alpha value is -2.81. The molecule has 2 atom stereocenters. The molecule has 1 aliphatic heterocycles. The molecule has 2 aromatic rings. The molecule has 1 fully saturated rings. The van der Waals surface area contributed by atoms with Gasteiger partial charge in [-0.3, -0.25) is 9.59 Å². The summed E-state index contributed by atoms with van der Waals surface area (Å²) in [4.78, 5) is 27.9. The molecule has 3 rings (SSSR count). The monoisotopic (exact) mass is 388 g/mol. The molecule has 150 valence electrons. The van der Waals surface area contributed by atoms with Gasteiger partial charge in [0.25, 0.3) is 5.91 Å². The van der Waals surface area contributed by atoms with E-state index < -0.39 is 6.17 Å². The summed E-state index contributed by atoms with van der Waals surface area (Å²) in [5, 5.41) is 10.7. The zero-order valence-electron chi connectivity index (χ0n) is 16.1. The van der Waals surface area contributed by atoms with Crippen molar-refractivity contribution in [2.24, 2.45) is 0 Å². The third kappa shape index (κ3) is 5.13. The molecule has 0 radical (unpaired) electrons. The molecule has 0 spiro atoms. The standard InChI is InChI=1S/C19H25FN6O2/c1-24(2)13-18(27)26-10-15(20)8-16(26)11-25-12-17(22-23-25)19(28)21-9-14-6-4-3-5-7-14/h3-7,12,15-16H,8-11,13H2,1-2H3,(H,21,28). The second kappa shape index (κ2) is 8.92. The second-order valence-corrected chi connectivity index (χ2v) is 7.26. The van der Waals surface area contributed by atoms with E-state index >= 15 is 0 Å². The molecule has 1 aliphatic rings. The summed E-state index contributed by atoms with van der Waals surface area (Å²) in [5.74, 6) is -0.443. The molecule has 1 aromatic heterocycles. The summed E-state index contributed by atoms with van der Waals surface area (Å²) in [6.45, 7) is 1.02. The van der Waals surface area contributed by atoms with E-state index in [-0.39, 0.29) is 43.1 Å². The number of benzene rings is 1. The van der Waals surface area contributed by atoms with E-state index in [1.165, 1.54) is 10.9 Å². The summed E-state index contributed by atoms with van der Waals surface area (Å²) in [6.07, 6.45) is 0.739. The van der Waals surface area contributed by atoms with Gasteiger partial charge in [-0.25, -0.2) is 9.07 Å². The number of aromatic nitrogens is 3. The van der Waals surface area contributed by atoms with Crippen LogP contribution in [-0.2, 0) is 17.9 Å². The zero-order chi connectivity index (χ0) is 20.1. The van der Waals surface area contributed by atoms with E-state index in [0.717, 1.165) is 5.56 Å². The first kappa shape index (κ1) is 19.9. The lowest BCUT2D eigenvalue weighted by Gasteiger charge is -2.25. The molecule has 1 saturated heterocycles. The summed E-state index contributed by atoms with van der Waals surface area (Å²) in [7, 11) is 3.60. The molecule has 8 nitrogen and oxygen atoms in total. The summed E-state index contributed by atoms with van der Waals surface area (Å²) >= 11 is 0. The predicted molar refractivity (Wildman–Crippen MR) is 101 cm³/mol. The zero-order valence-corrected chi connectivity index (χ0v) is 16.1. The van der Waals surface area contributed by atoms with Gasteiger partial charge in [-0.05, 0) is 19.7 Å². The van der Waals surface area contributed by atoms with E-state index in [1.54, 1.807) is 23.9 Å². The maximum atomic E-state index is 13.9. The lowest BCUT2D eigenvalue weighted by atomic mass is 10.2. The van der Waals surface area contributed by atoms with Crippen LogP contribution in [0.5, 0.6) is 0 Å². The van der Waals surface area contributed by atoms with Crippen molar-refractivity contribution in [3.63, 3.8) is 0 Å². The number of nitrogens with one attached hydrogen (secondary N) is 1. The number of halogens is 1. The van der Waals surface area contributed by atoms with Gasteiger partial charge in [0.15, 0.2) is 5.69 Å². The Balaban J connectivity index is 1.58. The number of hydrogen-bond donors (Lipinski definition) is 1. The maximum Gasteiger partial charge on any atom is 0.273 e.